The summed E-state index contributed by atoms with van der Waals surface area (Å²) in [5, 5.41) is 25.7. The van der Waals surface area contributed by atoms with Gasteiger partial charge in [-0.15, -0.1) is 0 Å². The summed E-state index contributed by atoms with van der Waals surface area (Å²) in [5.74, 6) is -0.115. The molecule has 2 rings (SSSR count). The molecule has 11 heteroatoms. The number of hydrogen-bond donors (Lipinski definition) is 3. The first-order valence-corrected chi connectivity index (χ1v) is 11.0. The summed E-state index contributed by atoms with van der Waals surface area (Å²) in [4.78, 5) is 41.1. The minimum Gasteiger partial charge on any atom is -0.340 e. The summed E-state index contributed by atoms with van der Waals surface area (Å²) in [6, 6.07) is 8.54. The Labute approximate surface area is 199 Å². The molecule has 3 N–H and O–H groups in total. The van der Waals surface area contributed by atoms with Crippen molar-refractivity contribution in [3.63, 3.8) is 0 Å². The van der Waals surface area contributed by atoms with E-state index < -0.39 is 11.3 Å². The smallest absolute Gasteiger partial charge is 0.277 e. The molecule has 0 aromatic carbocycles. The van der Waals surface area contributed by atoms with Gasteiger partial charge in [0.05, 0.1) is 6.07 Å². The summed E-state index contributed by atoms with van der Waals surface area (Å²) < 4.78 is 1.86. The van der Waals surface area contributed by atoms with Crippen LogP contribution in [-0.2, 0) is 16.1 Å². The number of pyridine rings is 1. The van der Waals surface area contributed by atoms with Crippen LogP contribution < -0.4 is 30.7 Å². The highest BCUT2D eigenvalue weighted by Crippen LogP contribution is 2.17. The number of aromatic nitrogens is 2. The Bertz CT molecular complexity index is 1440. The number of nitrogens with zero attached hydrogens (tertiary/aromatic N) is 4. The van der Waals surface area contributed by atoms with Crippen LogP contribution in [-0.4, -0.2) is 27.9 Å². The lowest BCUT2D eigenvalue weighted by atomic mass is 9.96. The number of nitriles is 2. The third kappa shape index (κ3) is 6.80. The quantitative estimate of drug-likeness (QED) is 0.316. The van der Waals surface area contributed by atoms with Crippen molar-refractivity contribution in [2.45, 2.75) is 34.2 Å². The van der Waals surface area contributed by atoms with Crippen LogP contribution >= 0.6 is 11.3 Å². The van der Waals surface area contributed by atoms with Gasteiger partial charge < -0.3 is 16.0 Å². The van der Waals surface area contributed by atoms with Gasteiger partial charge in [0.15, 0.2) is 5.57 Å². The van der Waals surface area contributed by atoms with Gasteiger partial charge in [0.2, 0.25) is 5.91 Å². The molecular formula is C23H23N7O3S. The van der Waals surface area contributed by atoms with Crippen molar-refractivity contribution in [2.75, 3.05) is 17.2 Å². The van der Waals surface area contributed by atoms with Crippen molar-refractivity contribution >= 4 is 46.2 Å². The van der Waals surface area contributed by atoms with Gasteiger partial charge >= 0.3 is 0 Å². The maximum absolute atomic E-state index is 12.7. The molecule has 2 amide bonds. The molecular weight excluding hydrogens is 454 g/mol. The van der Waals surface area contributed by atoms with Gasteiger partial charge in [-0.1, -0.05) is 49.6 Å². The molecule has 0 aliphatic heterocycles. The maximum atomic E-state index is 12.7. The number of hydrogen-bond acceptors (Lipinski definition) is 8. The van der Waals surface area contributed by atoms with Gasteiger partial charge in [-0.3, -0.25) is 19.0 Å². The predicted octanol–water partition coefficient (Wildman–Crippen LogP) is 0.784. The monoisotopic (exact) mass is 477 g/mol. The molecule has 0 saturated heterocycles. The van der Waals surface area contributed by atoms with E-state index >= 15 is 0 Å². The zero-order chi connectivity index (χ0) is 25.3. The third-order valence-corrected chi connectivity index (χ3v) is 5.21. The predicted molar refractivity (Wildman–Crippen MR) is 129 cm³/mol. The van der Waals surface area contributed by atoms with E-state index in [1.807, 2.05) is 0 Å². The Morgan fingerprint density at radius 2 is 1.94 bits per heavy atom. The van der Waals surface area contributed by atoms with Crippen LogP contribution in [0.5, 0.6) is 0 Å². The van der Waals surface area contributed by atoms with Crippen molar-refractivity contribution in [2.24, 2.45) is 5.41 Å². The van der Waals surface area contributed by atoms with Crippen molar-refractivity contribution in [1.82, 2.24) is 14.9 Å². The molecule has 0 aliphatic carbocycles. The molecule has 0 radical (unpaired) electrons. The standard InChI is InChI=1S/C23H23N7O3S/c1-5-30-19(13-15(14-25)20(31)27-12-10-24)34-16(21(30)32)9-11-26-17-7-6-8-18(28-17)29-22(33)23(2,3)4/h6-8,11H,5,12H2,1-4H3,(H,27,31)(H2,26,28,29,33). The molecule has 2 heterocycles. The minimum absolute atomic E-state index is 0.173. The Hall–Kier alpha value is -4.40. The van der Waals surface area contributed by atoms with Crippen LogP contribution in [0.15, 0.2) is 34.8 Å². The molecule has 0 bridgehead atoms. The molecule has 0 fully saturated rings. The fraction of sp³-hybridized carbons (Fsp3) is 0.304. The third-order valence-electron chi connectivity index (χ3n) is 4.19. The van der Waals surface area contributed by atoms with E-state index in [2.05, 4.69) is 32.4 Å². The van der Waals surface area contributed by atoms with Gasteiger partial charge in [0.1, 0.15) is 33.4 Å². The second kappa shape index (κ2) is 11.5. The highest BCUT2D eigenvalue weighted by Gasteiger charge is 2.21. The molecule has 174 valence electrons. The molecule has 2 aromatic heterocycles. The molecule has 0 unspecified atom stereocenters. The highest BCUT2D eigenvalue weighted by atomic mass is 32.1. The number of carbonyl (C=O) groups is 2. The Morgan fingerprint density at radius 3 is 2.56 bits per heavy atom. The molecule has 0 atom stereocenters. The van der Waals surface area contributed by atoms with Gasteiger partial charge in [-0.2, -0.15) is 10.5 Å². The molecule has 2 aromatic rings. The average molecular weight is 478 g/mol. The molecule has 0 spiro atoms. The van der Waals surface area contributed by atoms with Crippen LogP contribution in [0, 0.1) is 28.1 Å². The fourth-order valence-electron chi connectivity index (χ4n) is 2.40. The first kappa shape index (κ1) is 25.9. The molecule has 0 saturated carbocycles. The first-order valence-electron chi connectivity index (χ1n) is 10.2. The largest absolute Gasteiger partial charge is 0.340 e. The number of nitrogens with one attached hydrogen (secondary N) is 3. The average Bonchev–Trinajstić information content (AvgIpc) is 3.09. The molecule has 10 nitrogen and oxygen atoms in total. The number of thiazole rings is 1. The Kier molecular flexibility index (Phi) is 8.72. The van der Waals surface area contributed by atoms with Crippen LogP contribution in [0.25, 0.3) is 11.5 Å². The lowest BCUT2D eigenvalue weighted by Gasteiger charge is -2.17. The molecule has 0 aliphatic rings. The van der Waals surface area contributed by atoms with E-state index in [4.69, 9.17) is 5.26 Å². The summed E-state index contributed by atoms with van der Waals surface area (Å²) in [7, 11) is 0. The van der Waals surface area contributed by atoms with Crippen LogP contribution in [0.1, 0.15) is 27.7 Å². The van der Waals surface area contributed by atoms with E-state index in [9.17, 15) is 19.6 Å². The second-order valence-electron chi connectivity index (χ2n) is 7.78. The van der Waals surface area contributed by atoms with Crippen molar-refractivity contribution in [3.05, 3.63) is 49.5 Å². The fourth-order valence-corrected chi connectivity index (χ4v) is 3.38. The van der Waals surface area contributed by atoms with Gasteiger partial charge in [0, 0.05) is 18.2 Å². The van der Waals surface area contributed by atoms with Gasteiger partial charge in [0.25, 0.3) is 11.5 Å². The number of amides is 2. The molecule has 34 heavy (non-hydrogen) atoms. The zero-order valence-electron chi connectivity index (χ0n) is 19.1. The van der Waals surface area contributed by atoms with E-state index in [0.29, 0.717) is 18.2 Å². The summed E-state index contributed by atoms with van der Waals surface area (Å²) in [5.41, 5.74) is 4.23. The maximum Gasteiger partial charge on any atom is 0.277 e. The van der Waals surface area contributed by atoms with Crippen LogP contribution in [0.3, 0.4) is 0 Å². The minimum atomic E-state index is -0.750. The zero-order valence-corrected chi connectivity index (χ0v) is 20.0. The number of anilines is 2. The normalized spacial score (nSPS) is 10.1. The van der Waals surface area contributed by atoms with E-state index in [0.717, 1.165) is 11.3 Å². The van der Waals surface area contributed by atoms with Crippen molar-refractivity contribution in [3.8, 4) is 12.1 Å². The Balaban J connectivity index is 2.42. The second-order valence-corrected chi connectivity index (χ2v) is 8.78. The van der Waals surface area contributed by atoms with Crippen LogP contribution in [0.2, 0.25) is 0 Å². The van der Waals surface area contributed by atoms with Gasteiger partial charge in [-0.25, -0.2) is 4.98 Å². The summed E-state index contributed by atoms with van der Waals surface area (Å²) in [6.45, 7) is 7.18. The topological polar surface area (TPSA) is 153 Å². The number of rotatable bonds is 6. The lowest BCUT2D eigenvalue weighted by Crippen LogP contribution is -2.30. The lowest BCUT2D eigenvalue weighted by molar-refractivity contribution is -0.123. The van der Waals surface area contributed by atoms with Gasteiger partial charge in [-0.05, 0) is 19.1 Å². The SMILES string of the molecule is CCn1c(=C=C(C#N)C(=O)NCC#N)sc(=C=CNc2cccc(NC(=O)C(C)(C)C)n2)c1=O. The van der Waals surface area contributed by atoms with E-state index in [-0.39, 0.29) is 32.8 Å². The highest BCUT2D eigenvalue weighted by molar-refractivity contribution is 7.07. The number of carbonyl (C=O) groups excluding carboxylic acids is 2. The van der Waals surface area contributed by atoms with Crippen molar-refractivity contribution in [1.29, 1.82) is 10.5 Å². The van der Waals surface area contributed by atoms with Crippen LogP contribution in [0.4, 0.5) is 11.6 Å². The van der Waals surface area contributed by atoms with Crippen molar-refractivity contribution < 1.29 is 9.59 Å². The van der Waals surface area contributed by atoms with E-state index in [1.165, 1.54) is 10.8 Å². The first-order chi connectivity index (χ1) is 16.1. The Morgan fingerprint density at radius 1 is 1.24 bits per heavy atom. The summed E-state index contributed by atoms with van der Waals surface area (Å²) in [6.07, 6.45) is 1.41. The summed E-state index contributed by atoms with van der Waals surface area (Å²) >= 11 is 1.01. The van der Waals surface area contributed by atoms with E-state index in [1.54, 1.807) is 58.0 Å².